The third-order valence-electron chi connectivity index (χ3n) is 5.61. The maximum atomic E-state index is 12.2. The van der Waals surface area contributed by atoms with Crippen LogP contribution in [0.2, 0.25) is 0 Å². The zero-order valence-electron chi connectivity index (χ0n) is 18.3. The Morgan fingerprint density at radius 1 is 1.34 bits per heavy atom. The molecular formula is C21H27N5O6. The van der Waals surface area contributed by atoms with Crippen LogP contribution in [0.3, 0.4) is 0 Å². The summed E-state index contributed by atoms with van der Waals surface area (Å²) in [5, 5.41) is 26.9. The van der Waals surface area contributed by atoms with Gasteiger partial charge in [0.25, 0.3) is 0 Å². The number of nitrogens with zero attached hydrogens (tertiary/aromatic N) is 4. The molecule has 2 fully saturated rings. The van der Waals surface area contributed by atoms with E-state index in [1.165, 1.54) is 10.8 Å². The monoisotopic (exact) mass is 445 g/mol. The van der Waals surface area contributed by atoms with Crippen molar-refractivity contribution in [3.8, 4) is 6.07 Å². The van der Waals surface area contributed by atoms with E-state index in [9.17, 15) is 15.2 Å². The van der Waals surface area contributed by atoms with Crippen LogP contribution < -0.4 is 5.32 Å². The maximum Gasteiger partial charge on any atom is 0.412 e. The van der Waals surface area contributed by atoms with Gasteiger partial charge >= 0.3 is 6.09 Å². The molecule has 0 aliphatic carbocycles. The maximum absolute atomic E-state index is 12.2. The summed E-state index contributed by atoms with van der Waals surface area (Å²) >= 11 is 0. The van der Waals surface area contributed by atoms with E-state index >= 15 is 0 Å². The minimum Gasteiger partial charge on any atom is -0.449 e. The molecule has 11 heteroatoms. The number of rotatable bonds is 7. The Morgan fingerprint density at radius 2 is 2.16 bits per heavy atom. The molecule has 0 bridgehead atoms. The van der Waals surface area contributed by atoms with Crippen molar-refractivity contribution < 1.29 is 28.8 Å². The first-order chi connectivity index (χ1) is 15.3. The van der Waals surface area contributed by atoms with E-state index in [1.807, 2.05) is 0 Å². The molecule has 0 saturated carbocycles. The van der Waals surface area contributed by atoms with E-state index < -0.39 is 35.8 Å². The highest BCUT2D eigenvalue weighted by molar-refractivity contribution is 5.88. The molecule has 2 N–H and O–H groups in total. The number of fused-ring (bicyclic) bond motifs is 2. The first-order valence-electron chi connectivity index (χ1n) is 10.7. The highest BCUT2D eigenvalue weighted by Crippen LogP contribution is 2.49. The summed E-state index contributed by atoms with van der Waals surface area (Å²) in [5.41, 5.74) is -0.748. The van der Waals surface area contributed by atoms with Gasteiger partial charge in [-0.2, -0.15) is 10.4 Å². The van der Waals surface area contributed by atoms with Crippen LogP contribution in [0.4, 0.5) is 10.6 Å². The third kappa shape index (κ3) is 3.80. The minimum atomic E-state index is -1.58. The predicted molar refractivity (Wildman–Crippen MR) is 111 cm³/mol. The first-order valence-corrected chi connectivity index (χ1v) is 10.7. The average Bonchev–Trinajstić information content (AvgIpc) is 3.42. The normalized spacial score (nSPS) is 28.4. The zero-order valence-corrected chi connectivity index (χ0v) is 18.3. The third-order valence-corrected chi connectivity index (χ3v) is 5.61. The highest BCUT2D eigenvalue weighted by atomic mass is 16.8. The van der Waals surface area contributed by atoms with Crippen molar-refractivity contribution in [2.75, 3.05) is 18.5 Å². The molecule has 0 radical (unpaired) electrons. The van der Waals surface area contributed by atoms with Gasteiger partial charge in [0.05, 0.1) is 18.9 Å². The number of hydrogen-bond donors (Lipinski definition) is 2. The number of hydrogen-bond acceptors (Lipinski definition) is 9. The van der Waals surface area contributed by atoms with Gasteiger partial charge in [-0.3, -0.25) is 5.32 Å². The van der Waals surface area contributed by atoms with Crippen molar-refractivity contribution in [2.24, 2.45) is 0 Å². The van der Waals surface area contributed by atoms with Gasteiger partial charge in [0, 0.05) is 0 Å². The molecule has 1 amide bonds. The lowest BCUT2D eigenvalue weighted by Crippen LogP contribution is -2.40. The number of nitriles is 1. The summed E-state index contributed by atoms with van der Waals surface area (Å²) in [6, 6.07) is 5.55. The van der Waals surface area contributed by atoms with Crippen molar-refractivity contribution >= 4 is 17.4 Å². The van der Waals surface area contributed by atoms with Crippen LogP contribution in [0.15, 0.2) is 18.5 Å². The summed E-state index contributed by atoms with van der Waals surface area (Å²) in [7, 11) is 0. The Labute approximate surface area is 185 Å². The highest BCUT2D eigenvalue weighted by Gasteiger charge is 2.65. The molecule has 4 rings (SSSR count). The lowest BCUT2D eigenvalue weighted by atomic mass is 9.92. The van der Waals surface area contributed by atoms with Crippen molar-refractivity contribution in [3.63, 3.8) is 0 Å². The molecule has 4 heterocycles. The molecule has 4 atom stereocenters. The van der Waals surface area contributed by atoms with Crippen LogP contribution in [-0.4, -0.2) is 63.1 Å². The molecule has 11 nitrogen and oxygen atoms in total. The largest absolute Gasteiger partial charge is 0.449 e. The number of unbranched alkanes of at least 4 members (excludes halogenated alkanes) is 2. The standard InChI is InChI=1S/C21H27N5O6/c1-4-5-6-9-29-19(28)25-18-13-7-8-15(26(13)24-12-23-18)21(11-22)17-16(14(10-27)30-21)31-20(2,3)32-17/h7-8,12,14,16-17,27H,4-6,9-10H2,1-3H3,(H,23,24,25,28)/t14?,16-,17-,21+/m1/s1. The number of ether oxygens (including phenoxy) is 4. The van der Waals surface area contributed by atoms with Crippen LogP contribution in [0.25, 0.3) is 5.52 Å². The Hall–Kier alpha value is -2.78. The second-order valence-corrected chi connectivity index (χ2v) is 8.30. The second kappa shape index (κ2) is 8.63. The van der Waals surface area contributed by atoms with Gasteiger partial charge in [-0.1, -0.05) is 19.8 Å². The van der Waals surface area contributed by atoms with Crippen molar-refractivity contribution in [1.82, 2.24) is 14.6 Å². The molecular weight excluding hydrogens is 418 g/mol. The van der Waals surface area contributed by atoms with Gasteiger partial charge in [-0.05, 0) is 32.4 Å². The number of aliphatic hydroxyl groups excluding tert-OH is 1. The fraction of sp³-hybridized carbons (Fsp3) is 0.619. The van der Waals surface area contributed by atoms with Gasteiger partial charge in [0.2, 0.25) is 5.60 Å². The smallest absolute Gasteiger partial charge is 0.412 e. The molecule has 32 heavy (non-hydrogen) atoms. The Morgan fingerprint density at radius 3 is 2.88 bits per heavy atom. The molecule has 2 aliphatic heterocycles. The van der Waals surface area contributed by atoms with Crippen LogP contribution >= 0.6 is 0 Å². The molecule has 2 saturated heterocycles. The zero-order chi connectivity index (χ0) is 22.9. The summed E-state index contributed by atoms with van der Waals surface area (Å²) < 4.78 is 24.6. The van der Waals surface area contributed by atoms with Crippen LogP contribution in [0.5, 0.6) is 0 Å². The van der Waals surface area contributed by atoms with Crippen LogP contribution in [-0.2, 0) is 24.5 Å². The Balaban J connectivity index is 1.65. The molecule has 1 unspecified atom stereocenters. The van der Waals surface area contributed by atoms with Gasteiger partial charge in [0.1, 0.15) is 36.2 Å². The lowest BCUT2D eigenvalue weighted by molar-refractivity contribution is -0.204. The number of amides is 1. The van der Waals surface area contributed by atoms with Gasteiger partial charge in [-0.15, -0.1) is 0 Å². The van der Waals surface area contributed by atoms with Crippen LogP contribution in [0, 0.1) is 11.3 Å². The number of nitrogens with one attached hydrogen (secondary N) is 1. The Kier molecular flexibility index (Phi) is 6.05. The number of carbonyl (C=O) groups excluding carboxylic acids is 1. The number of aromatic nitrogens is 3. The van der Waals surface area contributed by atoms with E-state index in [0.717, 1.165) is 19.3 Å². The molecule has 172 valence electrons. The summed E-state index contributed by atoms with van der Waals surface area (Å²) in [5.74, 6) is -0.706. The van der Waals surface area contributed by atoms with Crippen molar-refractivity contribution in [3.05, 3.63) is 24.2 Å². The average molecular weight is 445 g/mol. The summed E-state index contributed by atoms with van der Waals surface area (Å²) in [6.45, 7) is 5.54. The van der Waals surface area contributed by atoms with E-state index in [1.54, 1.807) is 26.0 Å². The van der Waals surface area contributed by atoms with E-state index in [2.05, 4.69) is 28.4 Å². The fourth-order valence-corrected chi connectivity index (χ4v) is 4.20. The summed E-state index contributed by atoms with van der Waals surface area (Å²) in [6.07, 6.45) is 1.27. The quantitative estimate of drug-likeness (QED) is 0.613. The van der Waals surface area contributed by atoms with Crippen molar-refractivity contribution in [1.29, 1.82) is 5.26 Å². The number of aliphatic hydroxyl groups is 1. The molecule has 2 aromatic rings. The number of carbonyl (C=O) groups is 1. The van der Waals surface area contributed by atoms with Gasteiger partial charge in [-0.25, -0.2) is 14.3 Å². The van der Waals surface area contributed by atoms with Gasteiger partial charge < -0.3 is 24.1 Å². The number of anilines is 1. The Bertz CT molecular complexity index is 1030. The van der Waals surface area contributed by atoms with E-state index in [-0.39, 0.29) is 12.4 Å². The fourth-order valence-electron chi connectivity index (χ4n) is 4.20. The molecule has 2 aliphatic rings. The van der Waals surface area contributed by atoms with E-state index in [4.69, 9.17) is 18.9 Å². The van der Waals surface area contributed by atoms with Crippen molar-refractivity contribution in [2.45, 2.75) is 69.7 Å². The minimum absolute atomic E-state index is 0.233. The topological polar surface area (TPSA) is 140 Å². The predicted octanol–water partition coefficient (Wildman–Crippen LogP) is 2.10. The molecule has 0 aromatic carbocycles. The SMILES string of the molecule is CCCCCOC(=O)Nc1ncnn2c([C@]3(C#N)OC(CO)[C@H]4OC(C)(C)O[C@H]43)ccc12. The molecule has 0 spiro atoms. The lowest BCUT2D eigenvalue weighted by Gasteiger charge is -2.28. The molecule has 2 aromatic heterocycles. The first kappa shape index (κ1) is 22.4. The second-order valence-electron chi connectivity index (χ2n) is 8.30. The summed E-state index contributed by atoms with van der Waals surface area (Å²) in [4.78, 5) is 16.3. The van der Waals surface area contributed by atoms with E-state index in [0.29, 0.717) is 17.8 Å². The van der Waals surface area contributed by atoms with Crippen LogP contribution in [0.1, 0.15) is 45.7 Å². The van der Waals surface area contributed by atoms with Gasteiger partial charge in [0.15, 0.2) is 11.6 Å².